The molecule has 2 aromatic rings. The quantitative estimate of drug-likeness (QED) is 0.692. The Labute approximate surface area is 140 Å². The minimum atomic E-state index is 0.526. The average Bonchev–Trinajstić information content (AvgIpc) is 2.39. The first kappa shape index (κ1) is 15.6. The van der Waals surface area contributed by atoms with Crippen LogP contribution in [0, 0.1) is 6.92 Å². The third-order valence-corrected chi connectivity index (χ3v) is 4.23. The maximum absolute atomic E-state index is 5.92. The topological polar surface area (TPSA) is 34.1 Å². The molecule has 0 saturated heterocycles. The third kappa shape index (κ3) is 3.65. The van der Waals surface area contributed by atoms with Gasteiger partial charge in [0.1, 0.15) is 10.9 Å². The Morgan fingerprint density at radius 3 is 2.70 bits per heavy atom. The zero-order valence-electron chi connectivity index (χ0n) is 11.0. The molecular formula is C14H13Br2ClN2O. The van der Waals surface area contributed by atoms with E-state index in [1.807, 2.05) is 25.1 Å². The summed E-state index contributed by atoms with van der Waals surface area (Å²) in [5, 5.41) is 3.84. The van der Waals surface area contributed by atoms with E-state index in [0.717, 1.165) is 31.5 Å². The summed E-state index contributed by atoms with van der Waals surface area (Å²) >= 11 is 12.9. The van der Waals surface area contributed by atoms with Crippen LogP contribution < -0.4 is 10.1 Å². The molecule has 1 aromatic heterocycles. The van der Waals surface area contributed by atoms with E-state index in [1.54, 1.807) is 13.3 Å². The summed E-state index contributed by atoms with van der Waals surface area (Å²) in [7, 11) is 1.66. The SMILES string of the molecule is COc1c(Br)cc(Br)cc1CNc1cnc(Cl)c(C)c1. The summed E-state index contributed by atoms with van der Waals surface area (Å²) < 4.78 is 7.32. The van der Waals surface area contributed by atoms with E-state index in [1.165, 1.54) is 0 Å². The Bertz CT molecular complexity index is 635. The lowest BCUT2D eigenvalue weighted by atomic mass is 10.2. The van der Waals surface area contributed by atoms with Gasteiger partial charge in [-0.05, 0) is 46.6 Å². The second-order valence-corrected chi connectivity index (χ2v) is 6.39. The molecule has 1 N–H and O–H groups in total. The first-order chi connectivity index (χ1) is 9.51. The number of ether oxygens (including phenoxy) is 1. The lowest BCUT2D eigenvalue weighted by Gasteiger charge is -2.13. The molecule has 106 valence electrons. The number of benzene rings is 1. The number of rotatable bonds is 4. The summed E-state index contributed by atoms with van der Waals surface area (Å²) in [5.74, 6) is 0.819. The number of anilines is 1. The number of halogens is 3. The van der Waals surface area contributed by atoms with Crippen molar-refractivity contribution in [2.24, 2.45) is 0 Å². The van der Waals surface area contributed by atoms with Crippen molar-refractivity contribution in [1.29, 1.82) is 0 Å². The van der Waals surface area contributed by atoms with Gasteiger partial charge in [0.15, 0.2) is 0 Å². The Morgan fingerprint density at radius 1 is 1.30 bits per heavy atom. The fourth-order valence-electron chi connectivity index (χ4n) is 1.83. The van der Waals surface area contributed by atoms with Gasteiger partial charge in [-0.15, -0.1) is 0 Å². The molecule has 0 aliphatic rings. The smallest absolute Gasteiger partial charge is 0.138 e. The van der Waals surface area contributed by atoms with Crippen molar-refractivity contribution >= 4 is 49.1 Å². The maximum Gasteiger partial charge on any atom is 0.138 e. The molecule has 20 heavy (non-hydrogen) atoms. The van der Waals surface area contributed by atoms with Gasteiger partial charge in [-0.25, -0.2) is 4.98 Å². The Balaban J connectivity index is 2.20. The molecule has 0 saturated carbocycles. The van der Waals surface area contributed by atoms with Crippen LogP contribution in [0.15, 0.2) is 33.3 Å². The molecule has 0 aliphatic carbocycles. The standard InChI is InChI=1S/C14H13Br2ClN2O/c1-8-3-11(7-19-14(8)17)18-6-9-4-10(15)5-12(16)13(9)20-2/h3-5,7,18H,6H2,1-2H3. The van der Waals surface area contributed by atoms with Crippen molar-refractivity contribution in [1.82, 2.24) is 4.98 Å². The summed E-state index contributed by atoms with van der Waals surface area (Å²) in [6.07, 6.45) is 1.72. The normalized spacial score (nSPS) is 10.4. The largest absolute Gasteiger partial charge is 0.495 e. The predicted molar refractivity (Wildman–Crippen MR) is 89.7 cm³/mol. The second-order valence-electron chi connectivity index (χ2n) is 4.27. The summed E-state index contributed by atoms with van der Waals surface area (Å²) in [6.45, 7) is 2.56. The zero-order valence-corrected chi connectivity index (χ0v) is 14.9. The summed E-state index contributed by atoms with van der Waals surface area (Å²) in [5.41, 5.74) is 2.91. The first-order valence-corrected chi connectivity index (χ1v) is 7.85. The van der Waals surface area contributed by atoms with Gasteiger partial charge in [0.2, 0.25) is 0 Å². The number of nitrogens with one attached hydrogen (secondary N) is 1. The molecule has 0 spiro atoms. The van der Waals surface area contributed by atoms with Crippen molar-refractivity contribution in [2.75, 3.05) is 12.4 Å². The molecule has 0 unspecified atom stereocenters. The van der Waals surface area contributed by atoms with E-state index in [4.69, 9.17) is 16.3 Å². The van der Waals surface area contributed by atoms with Crippen molar-refractivity contribution in [3.63, 3.8) is 0 Å². The van der Waals surface area contributed by atoms with Gasteiger partial charge in [0.25, 0.3) is 0 Å². The highest BCUT2D eigenvalue weighted by atomic mass is 79.9. The fraction of sp³-hybridized carbons (Fsp3) is 0.214. The van der Waals surface area contributed by atoms with Gasteiger partial charge in [-0.2, -0.15) is 0 Å². The summed E-state index contributed by atoms with van der Waals surface area (Å²) in [6, 6.07) is 5.94. The van der Waals surface area contributed by atoms with Crippen molar-refractivity contribution < 1.29 is 4.74 Å². The molecule has 6 heteroatoms. The third-order valence-electron chi connectivity index (χ3n) is 2.79. The molecule has 3 nitrogen and oxygen atoms in total. The molecule has 0 bridgehead atoms. The minimum Gasteiger partial charge on any atom is -0.495 e. The van der Waals surface area contributed by atoms with E-state index in [0.29, 0.717) is 11.7 Å². The molecule has 0 aliphatic heterocycles. The van der Waals surface area contributed by atoms with Gasteiger partial charge in [-0.1, -0.05) is 27.5 Å². The first-order valence-electron chi connectivity index (χ1n) is 5.89. The van der Waals surface area contributed by atoms with Crippen LogP contribution in [0.5, 0.6) is 5.75 Å². The average molecular weight is 421 g/mol. The van der Waals surface area contributed by atoms with Gasteiger partial charge in [0.05, 0.1) is 23.5 Å². The Morgan fingerprint density at radius 2 is 2.05 bits per heavy atom. The fourth-order valence-corrected chi connectivity index (χ4v) is 3.40. The Kier molecular flexibility index (Phi) is 5.29. The lowest BCUT2D eigenvalue weighted by molar-refractivity contribution is 0.407. The lowest BCUT2D eigenvalue weighted by Crippen LogP contribution is -2.03. The van der Waals surface area contributed by atoms with Crippen LogP contribution >= 0.6 is 43.5 Å². The number of hydrogen-bond donors (Lipinski definition) is 1. The van der Waals surface area contributed by atoms with E-state index >= 15 is 0 Å². The number of methoxy groups -OCH3 is 1. The van der Waals surface area contributed by atoms with E-state index in [-0.39, 0.29) is 0 Å². The van der Waals surface area contributed by atoms with Crippen LogP contribution in [-0.4, -0.2) is 12.1 Å². The molecular weight excluding hydrogens is 407 g/mol. The minimum absolute atomic E-state index is 0.526. The second kappa shape index (κ2) is 6.78. The number of pyridine rings is 1. The van der Waals surface area contributed by atoms with Gasteiger partial charge in [-0.3, -0.25) is 0 Å². The van der Waals surface area contributed by atoms with Crippen LogP contribution in [0.1, 0.15) is 11.1 Å². The highest BCUT2D eigenvalue weighted by Crippen LogP contribution is 2.33. The van der Waals surface area contributed by atoms with Crippen molar-refractivity contribution in [3.8, 4) is 5.75 Å². The molecule has 0 atom stereocenters. The molecule has 0 radical (unpaired) electrons. The van der Waals surface area contributed by atoms with Gasteiger partial charge >= 0.3 is 0 Å². The van der Waals surface area contributed by atoms with E-state index in [9.17, 15) is 0 Å². The number of nitrogens with zero attached hydrogens (tertiary/aromatic N) is 1. The van der Waals surface area contributed by atoms with Crippen LogP contribution in [0.4, 0.5) is 5.69 Å². The molecule has 1 aromatic carbocycles. The predicted octanol–water partition coefficient (Wildman–Crippen LogP) is 5.19. The number of aryl methyl sites for hydroxylation is 1. The maximum atomic E-state index is 5.92. The van der Waals surface area contributed by atoms with Crippen LogP contribution in [0.3, 0.4) is 0 Å². The molecule has 0 amide bonds. The van der Waals surface area contributed by atoms with Crippen molar-refractivity contribution in [2.45, 2.75) is 13.5 Å². The Hall–Kier alpha value is -0.780. The number of hydrogen-bond acceptors (Lipinski definition) is 3. The highest BCUT2D eigenvalue weighted by molar-refractivity contribution is 9.11. The highest BCUT2D eigenvalue weighted by Gasteiger charge is 2.09. The van der Waals surface area contributed by atoms with Crippen LogP contribution in [0.25, 0.3) is 0 Å². The van der Waals surface area contributed by atoms with E-state index < -0.39 is 0 Å². The summed E-state index contributed by atoms with van der Waals surface area (Å²) in [4.78, 5) is 4.12. The number of aromatic nitrogens is 1. The zero-order chi connectivity index (χ0) is 14.7. The molecule has 0 fully saturated rings. The van der Waals surface area contributed by atoms with Gasteiger partial charge < -0.3 is 10.1 Å². The van der Waals surface area contributed by atoms with E-state index in [2.05, 4.69) is 42.2 Å². The monoisotopic (exact) mass is 418 g/mol. The van der Waals surface area contributed by atoms with Crippen molar-refractivity contribution in [3.05, 3.63) is 49.6 Å². The van der Waals surface area contributed by atoms with Crippen LogP contribution in [-0.2, 0) is 6.54 Å². The molecule has 2 rings (SSSR count). The molecule has 1 heterocycles. The van der Waals surface area contributed by atoms with Crippen LogP contribution in [0.2, 0.25) is 5.15 Å². The van der Waals surface area contributed by atoms with Gasteiger partial charge in [0, 0.05) is 16.6 Å².